The Hall–Kier alpha value is -0.820. The van der Waals surface area contributed by atoms with Crippen molar-refractivity contribution in [1.82, 2.24) is 10.2 Å². The van der Waals surface area contributed by atoms with Gasteiger partial charge < -0.3 is 15.0 Å². The zero-order chi connectivity index (χ0) is 16.1. The summed E-state index contributed by atoms with van der Waals surface area (Å²) in [5.74, 6) is 2.23. The molecule has 2 aliphatic rings. The Bertz CT molecular complexity index is 543. The summed E-state index contributed by atoms with van der Waals surface area (Å²) in [5, 5.41) is 3.59. The molecule has 0 saturated carbocycles. The first-order valence-corrected chi connectivity index (χ1v) is 8.85. The van der Waals surface area contributed by atoms with E-state index in [1.165, 1.54) is 30.4 Å². The second-order valence-electron chi connectivity index (χ2n) is 6.83. The molecule has 1 aromatic rings. The van der Waals surface area contributed by atoms with Gasteiger partial charge in [-0.1, -0.05) is 24.3 Å². The maximum absolute atomic E-state index is 5.48. The number of rotatable bonds is 4. The third kappa shape index (κ3) is 4.85. The molecule has 1 aliphatic carbocycles. The summed E-state index contributed by atoms with van der Waals surface area (Å²) < 4.78 is 5.48. The molecule has 1 aliphatic heterocycles. The van der Waals surface area contributed by atoms with Crippen LogP contribution in [-0.4, -0.2) is 51.3 Å². The third-order valence-corrected chi connectivity index (χ3v) is 5.13. The average Bonchev–Trinajstić information content (AvgIpc) is 3.08. The van der Waals surface area contributed by atoms with Crippen molar-refractivity contribution in [2.45, 2.75) is 31.6 Å². The van der Waals surface area contributed by atoms with Crippen molar-refractivity contribution >= 4 is 29.9 Å². The van der Waals surface area contributed by atoms with Gasteiger partial charge in [0.25, 0.3) is 0 Å². The van der Waals surface area contributed by atoms with Gasteiger partial charge in [0.05, 0.1) is 6.61 Å². The number of benzene rings is 1. The highest BCUT2D eigenvalue weighted by molar-refractivity contribution is 14.0. The van der Waals surface area contributed by atoms with E-state index in [1.807, 2.05) is 7.05 Å². The van der Waals surface area contributed by atoms with Gasteiger partial charge in [-0.05, 0) is 36.8 Å². The van der Waals surface area contributed by atoms with Crippen molar-refractivity contribution in [3.8, 4) is 0 Å². The first-order valence-electron chi connectivity index (χ1n) is 8.85. The van der Waals surface area contributed by atoms with Crippen LogP contribution in [-0.2, 0) is 11.2 Å². The smallest absolute Gasteiger partial charge is 0.193 e. The van der Waals surface area contributed by atoms with Gasteiger partial charge >= 0.3 is 0 Å². The zero-order valence-electron chi connectivity index (χ0n) is 14.8. The largest absolute Gasteiger partial charge is 0.381 e. The van der Waals surface area contributed by atoms with Crippen LogP contribution < -0.4 is 5.32 Å². The summed E-state index contributed by atoms with van der Waals surface area (Å²) in [5.41, 5.74) is 3.05. The number of hydrogen-bond donors (Lipinski definition) is 1. The van der Waals surface area contributed by atoms with Crippen LogP contribution in [0, 0.1) is 5.92 Å². The SMILES string of the molecule is CN=C(NCC1CCCc2ccccc21)N(C)CC1CCOC1.I. The molecule has 3 rings (SSSR count). The normalized spacial score (nSPS) is 23.3. The van der Waals surface area contributed by atoms with Crippen LogP contribution in [0.5, 0.6) is 0 Å². The minimum atomic E-state index is 0. The van der Waals surface area contributed by atoms with Crippen LogP contribution in [0.25, 0.3) is 0 Å². The highest BCUT2D eigenvalue weighted by Gasteiger charge is 2.22. The van der Waals surface area contributed by atoms with Gasteiger partial charge in [0.2, 0.25) is 0 Å². The molecule has 0 aromatic heterocycles. The molecule has 0 amide bonds. The lowest BCUT2D eigenvalue weighted by Gasteiger charge is -2.29. The molecule has 2 unspecified atom stereocenters. The molecule has 1 heterocycles. The van der Waals surface area contributed by atoms with E-state index in [9.17, 15) is 0 Å². The number of ether oxygens (including phenoxy) is 1. The fraction of sp³-hybridized carbons (Fsp3) is 0.632. The van der Waals surface area contributed by atoms with E-state index >= 15 is 0 Å². The average molecular weight is 443 g/mol. The number of hydrogen-bond acceptors (Lipinski definition) is 2. The van der Waals surface area contributed by atoms with Crippen LogP contribution >= 0.6 is 24.0 Å². The van der Waals surface area contributed by atoms with E-state index in [-0.39, 0.29) is 24.0 Å². The molecule has 4 nitrogen and oxygen atoms in total. The highest BCUT2D eigenvalue weighted by Crippen LogP contribution is 2.30. The summed E-state index contributed by atoms with van der Waals surface area (Å²) in [4.78, 5) is 6.71. The Morgan fingerprint density at radius 1 is 1.33 bits per heavy atom. The number of guanidine groups is 1. The lowest BCUT2D eigenvalue weighted by molar-refractivity contribution is 0.181. The Balaban J connectivity index is 0.00000208. The predicted octanol–water partition coefficient (Wildman–Crippen LogP) is 3.27. The van der Waals surface area contributed by atoms with Crippen molar-refractivity contribution in [3.05, 3.63) is 35.4 Å². The van der Waals surface area contributed by atoms with E-state index in [0.29, 0.717) is 11.8 Å². The summed E-state index contributed by atoms with van der Waals surface area (Å²) >= 11 is 0. The van der Waals surface area contributed by atoms with Crippen molar-refractivity contribution in [3.63, 3.8) is 0 Å². The lowest BCUT2D eigenvalue weighted by atomic mass is 9.83. The molecule has 1 N–H and O–H groups in total. The molecule has 0 spiro atoms. The van der Waals surface area contributed by atoms with Gasteiger partial charge in [-0.25, -0.2) is 0 Å². The van der Waals surface area contributed by atoms with Gasteiger partial charge in [0, 0.05) is 45.6 Å². The number of nitrogens with one attached hydrogen (secondary N) is 1. The van der Waals surface area contributed by atoms with Crippen LogP contribution in [0.3, 0.4) is 0 Å². The minimum Gasteiger partial charge on any atom is -0.381 e. The van der Waals surface area contributed by atoms with Crippen LogP contribution in [0.15, 0.2) is 29.3 Å². The predicted molar refractivity (Wildman–Crippen MR) is 110 cm³/mol. The molecule has 1 fully saturated rings. The van der Waals surface area contributed by atoms with E-state index in [1.54, 1.807) is 0 Å². The molecule has 2 atom stereocenters. The number of nitrogens with zero attached hydrogens (tertiary/aromatic N) is 2. The van der Waals surface area contributed by atoms with Crippen molar-refractivity contribution in [2.75, 3.05) is 40.4 Å². The first-order chi connectivity index (χ1) is 11.3. The van der Waals surface area contributed by atoms with E-state index in [4.69, 9.17) is 4.74 Å². The number of aryl methyl sites for hydroxylation is 1. The summed E-state index contributed by atoms with van der Waals surface area (Å²) in [6.45, 7) is 3.77. The van der Waals surface area contributed by atoms with Crippen LogP contribution in [0.2, 0.25) is 0 Å². The van der Waals surface area contributed by atoms with Crippen molar-refractivity contribution < 1.29 is 4.74 Å². The molecule has 0 bridgehead atoms. The second kappa shape index (κ2) is 9.61. The number of aliphatic imine (C=N–C) groups is 1. The second-order valence-corrected chi connectivity index (χ2v) is 6.83. The monoisotopic (exact) mass is 443 g/mol. The number of fused-ring (bicyclic) bond motifs is 1. The minimum absolute atomic E-state index is 0. The first kappa shape index (κ1) is 19.5. The standard InChI is InChI=1S/C19H29N3O.HI/c1-20-19(22(2)13-15-10-11-23-14-15)21-12-17-8-5-7-16-6-3-4-9-18(16)17;/h3-4,6,9,15,17H,5,7-8,10-14H2,1-2H3,(H,20,21);1H. The van der Waals surface area contributed by atoms with Gasteiger partial charge in [-0.3, -0.25) is 4.99 Å². The highest BCUT2D eigenvalue weighted by atomic mass is 127. The molecular weight excluding hydrogens is 413 g/mol. The number of halogens is 1. The summed E-state index contributed by atoms with van der Waals surface area (Å²) in [7, 11) is 4.00. The zero-order valence-corrected chi connectivity index (χ0v) is 17.2. The van der Waals surface area contributed by atoms with E-state index in [0.717, 1.165) is 38.7 Å². The maximum atomic E-state index is 5.48. The summed E-state index contributed by atoms with van der Waals surface area (Å²) in [6.07, 6.45) is 4.94. The van der Waals surface area contributed by atoms with Gasteiger partial charge in [0.1, 0.15) is 0 Å². The van der Waals surface area contributed by atoms with Crippen molar-refractivity contribution in [2.24, 2.45) is 10.9 Å². The topological polar surface area (TPSA) is 36.9 Å². The Morgan fingerprint density at radius 3 is 2.92 bits per heavy atom. The molecule has 134 valence electrons. The van der Waals surface area contributed by atoms with Crippen LogP contribution in [0.1, 0.15) is 36.3 Å². The Morgan fingerprint density at radius 2 is 2.17 bits per heavy atom. The molecule has 5 heteroatoms. The molecule has 1 saturated heterocycles. The summed E-state index contributed by atoms with van der Waals surface area (Å²) in [6, 6.07) is 8.90. The fourth-order valence-corrected chi connectivity index (χ4v) is 3.87. The van der Waals surface area contributed by atoms with Crippen LogP contribution in [0.4, 0.5) is 0 Å². The van der Waals surface area contributed by atoms with Gasteiger partial charge in [-0.2, -0.15) is 0 Å². The van der Waals surface area contributed by atoms with E-state index in [2.05, 4.69) is 46.5 Å². The Kier molecular flexibility index (Phi) is 7.81. The van der Waals surface area contributed by atoms with Gasteiger partial charge in [0.15, 0.2) is 5.96 Å². The molecule has 1 aromatic carbocycles. The van der Waals surface area contributed by atoms with Crippen molar-refractivity contribution in [1.29, 1.82) is 0 Å². The lowest BCUT2D eigenvalue weighted by Crippen LogP contribution is -2.43. The Labute approximate surface area is 163 Å². The molecule has 0 radical (unpaired) electrons. The van der Waals surface area contributed by atoms with E-state index < -0.39 is 0 Å². The van der Waals surface area contributed by atoms with Gasteiger partial charge in [-0.15, -0.1) is 24.0 Å². The fourth-order valence-electron chi connectivity index (χ4n) is 3.87. The quantitative estimate of drug-likeness (QED) is 0.441. The molecular formula is C19H30IN3O. The molecule has 24 heavy (non-hydrogen) atoms. The maximum Gasteiger partial charge on any atom is 0.193 e. The third-order valence-electron chi connectivity index (χ3n) is 5.13.